The summed E-state index contributed by atoms with van der Waals surface area (Å²) in [7, 11) is 0. The van der Waals surface area contributed by atoms with Crippen LogP contribution in [0.5, 0.6) is 0 Å². The number of amides is 1. The minimum Gasteiger partial charge on any atom is -0.389 e. The summed E-state index contributed by atoms with van der Waals surface area (Å²) in [5.41, 5.74) is 2.85. The lowest BCUT2D eigenvalue weighted by Crippen LogP contribution is -2.18. The molecule has 0 saturated carbocycles. The van der Waals surface area contributed by atoms with Crippen molar-refractivity contribution in [3.63, 3.8) is 0 Å². The van der Waals surface area contributed by atoms with E-state index in [-0.39, 0.29) is 5.57 Å². The van der Waals surface area contributed by atoms with Gasteiger partial charge < -0.3 is 10.6 Å². The zero-order chi connectivity index (χ0) is 18.2. The van der Waals surface area contributed by atoms with Crippen molar-refractivity contribution < 1.29 is 4.79 Å². The van der Waals surface area contributed by atoms with Gasteiger partial charge in [-0.15, -0.1) is 0 Å². The number of nitrogens with one attached hydrogen (secondary N) is 2. The fraction of sp³-hybridized carbons (Fsp3) is 0.158. The van der Waals surface area contributed by atoms with Crippen LogP contribution in [0.4, 0.5) is 5.69 Å². The summed E-state index contributed by atoms with van der Waals surface area (Å²) >= 11 is 11.7. The Labute approximate surface area is 157 Å². The summed E-state index contributed by atoms with van der Waals surface area (Å²) in [6.07, 6.45) is 2.22. The van der Waals surface area contributed by atoms with Gasteiger partial charge in [-0.2, -0.15) is 5.26 Å². The second kappa shape index (κ2) is 9.12. The SMILES string of the molecule is Cc1cccc(CCN/C=C(/C#N)C(=O)Nc2ccc(Cl)c(Cl)c2)c1. The molecule has 0 saturated heterocycles. The lowest BCUT2D eigenvalue weighted by Gasteiger charge is -2.06. The number of halogens is 2. The van der Waals surface area contributed by atoms with E-state index in [9.17, 15) is 4.79 Å². The van der Waals surface area contributed by atoms with Gasteiger partial charge in [-0.25, -0.2) is 0 Å². The van der Waals surface area contributed by atoms with Crippen molar-refractivity contribution in [1.29, 1.82) is 5.26 Å². The third-order valence-electron chi connectivity index (χ3n) is 3.43. The van der Waals surface area contributed by atoms with Crippen LogP contribution in [0.3, 0.4) is 0 Å². The third-order valence-corrected chi connectivity index (χ3v) is 4.17. The lowest BCUT2D eigenvalue weighted by atomic mass is 10.1. The number of benzene rings is 2. The number of hydrogen-bond acceptors (Lipinski definition) is 3. The van der Waals surface area contributed by atoms with Gasteiger partial charge in [0.15, 0.2) is 0 Å². The maximum Gasteiger partial charge on any atom is 0.267 e. The van der Waals surface area contributed by atoms with Gasteiger partial charge in [0.1, 0.15) is 11.6 Å². The lowest BCUT2D eigenvalue weighted by molar-refractivity contribution is -0.112. The van der Waals surface area contributed by atoms with Crippen LogP contribution in [-0.2, 0) is 11.2 Å². The molecule has 0 aliphatic carbocycles. The van der Waals surface area contributed by atoms with E-state index in [1.807, 2.05) is 31.2 Å². The summed E-state index contributed by atoms with van der Waals surface area (Å²) in [6.45, 7) is 2.66. The highest BCUT2D eigenvalue weighted by atomic mass is 35.5. The van der Waals surface area contributed by atoms with Gasteiger partial charge in [-0.3, -0.25) is 4.79 Å². The van der Waals surface area contributed by atoms with Crippen LogP contribution in [0.1, 0.15) is 11.1 Å². The van der Waals surface area contributed by atoms with Crippen molar-refractivity contribution in [3.8, 4) is 6.07 Å². The fourth-order valence-electron chi connectivity index (χ4n) is 2.18. The van der Waals surface area contributed by atoms with E-state index in [4.69, 9.17) is 28.5 Å². The number of carbonyl (C=O) groups excluding carboxylic acids is 1. The van der Waals surface area contributed by atoms with Crippen LogP contribution < -0.4 is 10.6 Å². The molecule has 25 heavy (non-hydrogen) atoms. The Bertz CT molecular complexity index is 841. The van der Waals surface area contributed by atoms with Crippen molar-refractivity contribution >= 4 is 34.8 Å². The zero-order valence-corrected chi connectivity index (χ0v) is 15.2. The predicted molar refractivity (Wildman–Crippen MR) is 102 cm³/mol. The molecule has 0 radical (unpaired) electrons. The highest BCUT2D eigenvalue weighted by Crippen LogP contribution is 2.25. The summed E-state index contributed by atoms with van der Waals surface area (Å²) in [5.74, 6) is -0.510. The molecule has 0 bridgehead atoms. The van der Waals surface area contributed by atoms with Gasteiger partial charge in [0.25, 0.3) is 5.91 Å². The Morgan fingerprint density at radius 3 is 2.68 bits per heavy atom. The van der Waals surface area contributed by atoms with Crippen LogP contribution in [0.2, 0.25) is 10.0 Å². The topological polar surface area (TPSA) is 64.9 Å². The molecule has 4 nitrogen and oxygen atoms in total. The zero-order valence-electron chi connectivity index (χ0n) is 13.6. The second-order valence-corrected chi connectivity index (χ2v) is 6.26. The minimum atomic E-state index is -0.510. The third kappa shape index (κ3) is 5.82. The smallest absolute Gasteiger partial charge is 0.267 e. The van der Waals surface area contributed by atoms with Gasteiger partial charge in [0, 0.05) is 18.4 Å². The van der Waals surface area contributed by atoms with Crippen LogP contribution in [0.15, 0.2) is 54.2 Å². The van der Waals surface area contributed by atoms with Crippen LogP contribution in [-0.4, -0.2) is 12.5 Å². The first-order valence-electron chi connectivity index (χ1n) is 7.65. The van der Waals surface area contributed by atoms with Crippen molar-refractivity contribution in [1.82, 2.24) is 5.32 Å². The average molecular weight is 374 g/mol. The molecule has 0 aromatic heterocycles. The quantitative estimate of drug-likeness (QED) is 0.445. The molecular weight excluding hydrogens is 357 g/mol. The Morgan fingerprint density at radius 2 is 2.00 bits per heavy atom. The number of nitrogens with zero attached hydrogens (tertiary/aromatic N) is 1. The maximum atomic E-state index is 12.1. The van der Waals surface area contributed by atoms with Crippen molar-refractivity contribution in [2.75, 3.05) is 11.9 Å². The van der Waals surface area contributed by atoms with E-state index in [0.717, 1.165) is 6.42 Å². The first kappa shape index (κ1) is 18.9. The summed E-state index contributed by atoms with van der Waals surface area (Å²) < 4.78 is 0. The van der Waals surface area contributed by atoms with Crippen LogP contribution in [0, 0.1) is 18.3 Å². The highest BCUT2D eigenvalue weighted by molar-refractivity contribution is 6.42. The summed E-state index contributed by atoms with van der Waals surface area (Å²) in [6, 6.07) is 14.8. The molecule has 6 heteroatoms. The molecular formula is C19H17Cl2N3O. The Balaban J connectivity index is 1.91. The highest BCUT2D eigenvalue weighted by Gasteiger charge is 2.10. The van der Waals surface area contributed by atoms with E-state index < -0.39 is 5.91 Å². The monoisotopic (exact) mass is 373 g/mol. The van der Waals surface area contributed by atoms with Crippen LogP contribution in [0.25, 0.3) is 0 Å². The van der Waals surface area contributed by atoms with Crippen molar-refractivity contribution in [2.45, 2.75) is 13.3 Å². The van der Waals surface area contributed by atoms with E-state index in [2.05, 4.69) is 16.7 Å². The van der Waals surface area contributed by atoms with Gasteiger partial charge >= 0.3 is 0 Å². The maximum absolute atomic E-state index is 12.1. The molecule has 128 valence electrons. The van der Waals surface area contributed by atoms with E-state index in [1.54, 1.807) is 12.1 Å². The number of hydrogen-bond donors (Lipinski definition) is 2. The van der Waals surface area contributed by atoms with E-state index in [1.165, 1.54) is 23.4 Å². The number of anilines is 1. The molecule has 0 heterocycles. The molecule has 2 aromatic carbocycles. The average Bonchev–Trinajstić information content (AvgIpc) is 2.58. The molecule has 0 aliphatic rings. The first-order chi connectivity index (χ1) is 12.0. The number of aryl methyl sites for hydroxylation is 1. The fourth-order valence-corrected chi connectivity index (χ4v) is 2.48. The molecule has 2 aromatic rings. The molecule has 0 atom stereocenters. The Kier molecular flexibility index (Phi) is 6.88. The molecule has 0 spiro atoms. The van der Waals surface area contributed by atoms with E-state index >= 15 is 0 Å². The van der Waals surface area contributed by atoms with Gasteiger partial charge in [0.05, 0.1) is 10.0 Å². The van der Waals surface area contributed by atoms with Crippen LogP contribution >= 0.6 is 23.2 Å². The molecule has 0 unspecified atom stereocenters. The molecule has 0 fully saturated rings. The van der Waals surface area contributed by atoms with E-state index in [0.29, 0.717) is 22.3 Å². The standard InChI is InChI=1S/C19H17Cl2N3O/c1-13-3-2-4-14(9-13)7-8-23-12-15(11-22)19(25)24-16-5-6-17(20)18(21)10-16/h2-6,9-10,12,23H,7-8H2,1H3,(H,24,25)/b15-12-. The molecule has 0 aliphatic heterocycles. The molecule has 1 amide bonds. The molecule has 2 N–H and O–H groups in total. The van der Waals surface area contributed by atoms with Gasteiger partial charge in [-0.05, 0) is 37.1 Å². The largest absolute Gasteiger partial charge is 0.389 e. The number of nitriles is 1. The first-order valence-corrected chi connectivity index (χ1v) is 8.41. The van der Waals surface area contributed by atoms with Crippen molar-refractivity contribution in [3.05, 3.63) is 75.4 Å². The predicted octanol–water partition coefficient (Wildman–Crippen LogP) is 4.48. The van der Waals surface area contributed by atoms with Gasteiger partial charge in [0.2, 0.25) is 0 Å². The van der Waals surface area contributed by atoms with Crippen molar-refractivity contribution in [2.24, 2.45) is 0 Å². The summed E-state index contributed by atoms with van der Waals surface area (Å²) in [4.78, 5) is 12.1. The Morgan fingerprint density at radius 1 is 1.20 bits per heavy atom. The molecule has 2 rings (SSSR count). The minimum absolute atomic E-state index is 0.0182. The van der Waals surface area contributed by atoms with Gasteiger partial charge in [-0.1, -0.05) is 53.0 Å². The number of rotatable bonds is 6. The second-order valence-electron chi connectivity index (χ2n) is 5.45. The number of carbonyl (C=O) groups is 1. The normalized spacial score (nSPS) is 10.9. The Hall–Kier alpha value is -2.48. The summed E-state index contributed by atoms with van der Waals surface area (Å²) in [5, 5.41) is 15.5.